The van der Waals surface area contributed by atoms with E-state index in [1.807, 2.05) is 0 Å². The molecule has 0 amide bonds. The average Bonchev–Trinajstić information content (AvgIpc) is 2.28. The number of hydrogen-bond acceptors (Lipinski definition) is 1. The molecule has 2 unspecified atom stereocenters. The highest BCUT2D eigenvalue weighted by Crippen LogP contribution is 2.27. The molecule has 0 aromatic heterocycles. The van der Waals surface area contributed by atoms with Gasteiger partial charge in [0.25, 0.3) is 0 Å². The van der Waals surface area contributed by atoms with E-state index >= 15 is 0 Å². The first-order valence-corrected chi connectivity index (χ1v) is 5.06. The molecule has 1 rings (SSSR count). The summed E-state index contributed by atoms with van der Waals surface area (Å²) >= 11 is 0. The molecule has 2 atom stereocenters. The summed E-state index contributed by atoms with van der Waals surface area (Å²) in [4.78, 5) is 0. The summed E-state index contributed by atoms with van der Waals surface area (Å²) in [5.74, 6) is 0.782. The second-order valence-corrected chi connectivity index (χ2v) is 4.15. The van der Waals surface area contributed by atoms with Crippen molar-refractivity contribution in [3.8, 4) is 0 Å². The van der Waals surface area contributed by atoms with Crippen LogP contribution in [0.25, 0.3) is 0 Å². The van der Waals surface area contributed by atoms with Crippen LogP contribution in [0, 0.1) is 5.92 Å². The van der Waals surface area contributed by atoms with Gasteiger partial charge in [-0.1, -0.05) is 19.1 Å². The summed E-state index contributed by atoms with van der Waals surface area (Å²) in [5.41, 5.74) is 0.365. The Kier molecular flexibility index (Phi) is 3.33. The Balaban J connectivity index is 2.59. The Bertz CT molecular complexity index is 162. The van der Waals surface area contributed by atoms with E-state index in [-0.39, 0.29) is 0 Å². The first kappa shape index (κ1) is 9.79. The van der Waals surface area contributed by atoms with Crippen molar-refractivity contribution >= 4 is 0 Å². The largest absolute Gasteiger partial charge is 0.315 e. The molecule has 1 N–H and O–H groups in total. The molecule has 0 aliphatic heterocycles. The third kappa shape index (κ3) is 2.34. The minimum absolute atomic E-state index is 0.365. The first-order valence-electron chi connectivity index (χ1n) is 5.06. The molecule has 0 aromatic carbocycles. The lowest BCUT2D eigenvalue weighted by Gasteiger charge is -2.30. The van der Waals surface area contributed by atoms with Crippen molar-refractivity contribution in [1.82, 2.24) is 5.32 Å². The van der Waals surface area contributed by atoms with Gasteiger partial charge in [0.2, 0.25) is 0 Å². The van der Waals surface area contributed by atoms with E-state index in [0.717, 1.165) is 5.92 Å². The molecular weight excluding hydrogens is 146 g/mol. The summed E-state index contributed by atoms with van der Waals surface area (Å²) in [6.07, 6.45) is 9.80. The zero-order chi connectivity index (χ0) is 9.03. The van der Waals surface area contributed by atoms with Gasteiger partial charge in [0.1, 0.15) is 0 Å². The summed E-state index contributed by atoms with van der Waals surface area (Å²) < 4.78 is 0. The van der Waals surface area contributed by atoms with Crippen LogP contribution in [0.2, 0.25) is 0 Å². The fourth-order valence-corrected chi connectivity index (χ4v) is 1.95. The van der Waals surface area contributed by atoms with Crippen molar-refractivity contribution in [2.45, 2.75) is 45.1 Å². The molecule has 0 bridgehead atoms. The summed E-state index contributed by atoms with van der Waals surface area (Å²) in [6, 6.07) is 0. The van der Waals surface area contributed by atoms with E-state index < -0.39 is 0 Å². The van der Waals surface area contributed by atoms with E-state index in [2.05, 4.69) is 38.4 Å². The van der Waals surface area contributed by atoms with Gasteiger partial charge in [0.05, 0.1) is 0 Å². The second-order valence-electron chi connectivity index (χ2n) is 4.15. The number of nitrogens with one attached hydrogen (secondary N) is 1. The zero-order valence-corrected chi connectivity index (χ0v) is 8.56. The third-order valence-electron chi connectivity index (χ3n) is 3.11. The summed E-state index contributed by atoms with van der Waals surface area (Å²) in [5, 5.41) is 3.44. The van der Waals surface area contributed by atoms with Crippen LogP contribution in [0.3, 0.4) is 0 Å². The van der Waals surface area contributed by atoms with Gasteiger partial charge in [-0.05, 0) is 45.6 Å². The normalized spacial score (nSPS) is 36.4. The van der Waals surface area contributed by atoms with Gasteiger partial charge in [0.15, 0.2) is 0 Å². The molecule has 0 saturated heterocycles. The molecule has 1 nitrogen and oxygen atoms in total. The van der Waals surface area contributed by atoms with Crippen LogP contribution in [-0.4, -0.2) is 12.6 Å². The van der Waals surface area contributed by atoms with Crippen molar-refractivity contribution in [1.29, 1.82) is 0 Å². The minimum Gasteiger partial charge on any atom is -0.315 e. The lowest BCUT2D eigenvalue weighted by molar-refractivity contribution is 0.302. The van der Waals surface area contributed by atoms with Crippen molar-refractivity contribution in [3.05, 3.63) is 12.2 Å². The minimum atomic E-state index is 0.365. The molecule has 12 heavy (non-hydrogen) atoms. The second kappa shape index (κ2) is 4.08. The van der Waals surface area contributed by atoms with Crippen LogP contribution in [0.15, 0.2) is 12.2 Å². The van der Waals surface area contributed by atoms with Crippen LogP contribution < -0.4 is 5.32 Å². The van der Waals surface area contributed by atoms with E-state index in [9.17, 15) is 0 Å². The molecule has 1 aliphatic rings. The van der Waals surface area contributed by atoms with E-state index in [4.69, 9.17) is 0 Å². The Labute approximate surface area is 76.2 Å². The molecule has 1 aliphatic carbocycles. The predicted octanol–water partition coefficient (Wildman–Crippen LogP) is 2.73. The van der Waals surface area contributed by atoms with Gasteiger partial charge in [-0.25, -0.2) is 0 Å². The Morgan fingerprint density at radius 1 is 1.58 bits per heavy atom. The Morgan fingerprint density at radius 2 is 2.33 bits per heavy atom. The van der Waals surface area contributed by atoms with Crippen LogP contribution >= 0.6 is 0 Å². The maximum Gasteiger partial charge on any atom is 0.0158 e. The van der Waals surface area contributed by atoms with Gasteiger partial charge in [-0.3, -0.25) is 0 Å². The van der Waals surface area contributed by atoms with Gasteiger partial charge < -0.3 is 5.32 Å². The van der Waals surface area contributed by atoms with E-state index in [0.29, 0.717) is 5.54 Å². The standard InChI is InChI=1S/C11H21N/c1-4-10-7-5-6-8-11(2,9-10)12-3/h5,7,10,12H,4,6,8-9H2,1-3H3. The smallest absolute Gasteiger partial charge is 0.0158 e. The SMILES string of the molecule is CCC1C=CCCC(C)(NC)C1. The zero-order valence-electron chi connectivity index (χ0n) is 8.56. The monoisotopic (exact) mass is 167 g/mol. The highest BCUT2D eigenvalue weighted by Gasteiger charge is 2.25. The van der Waals surface area contributed by atoms with Crippen molar-refractivity contribution < 1.29 is 0 Å². The quantitative estimate of drug-likeness (QED) is 0.624. The van der Waals surface area contributed by atoms with Crippen LogP contribution in [0.5, 0.6) is 0 Å². The highest BCUT2D eigenvalue weighted by molar-refractivity contribution is 4.99. The molecule has 1 heteroatoms. The van der Waals surface area contributed by atoms with E-state index in [1.165, 1.54) is 25.7 Å². The lowest BCUT2D eigenvalue weighted by Crippen LogP contribution is -2.40. The first-order chi connectivity index (χ1) is 5.70. The molecule has 0 radical (unpaired) electrons. The van der Waals surface area contributed by atoms with Gasteiger partial charge in [0, 0.05) is 5.54 Å². The van der Waals surface area contributed by atoms with Crippen molar-refractivity contribution in [2.24, 2.45) is 5.92 Å². The molecule has 0 saturated carbocycles. The Morgan fingerprint density at radius 3 is 2.92 bits per heavy atom. The van der Waals surface area contributed by atoms with Crippen LogP contribution in [0.1, 0.15) is 39.5 Å². The lowest BCUT2D eigenvalue weighted by atomic mass is 9.86. The van der Waals surface area contributed by atoms with Gasteiger partial charge >= 0.3 is 0 Å². The van der Waals surface area contributed by atoms with Crippen LogP contribution in [-0.2, 0) is 0 Å². The number of rotatable bonds is 2. The van der Waals surface area contributed by atoms with E-state index in [1.54, 1.807) is 0 Å². The molecule has 70 valence electrons. The summed E-state index contributed by atoms with van der Waals surface area (Å²) in [6.45, 7) is 4.61. The van der Waals surface area contributed by atoms with Crippen molar-refractivity contribution in [2.75, 3.05) is 7.05 Å². The number of allylic oxidation sites excluding steroid dienone is 2. The highest BCUT2D eigenvalue weighted by atomic mass is 14.9. The van der Waals surface area contributed by atoms with Gasteiger partial charge in [-0.2, -0.15) is 0 Å². The molecule has 0 spiro atoms. The molecule has 0 heterocycles. The average molecular weight is 167 g/mol. The van der Waals surface area contributed by atoms with Crippen molar-refractivity contribution in [3.63, 3.8) is 0 Å². The maximum atomic E-state index is 3.44. The van der Waals surface area contributed by atoms with Gasteiger partial charge in [-0.15, -0.1) is 0 Å². The topological polar surface area (TPSA) is 12.0 Å². The molecular formula is C11H21N. The molecule has 0 fully saturated rings. The fourth-order valence-electron chi connectivity index (χ4n) is 1.95. The maximum absolute atomic E-state index is 3.44. The fraction of sp³-hybridized carbons (Fsp3) is 0.818. The third-order valence-corrected chi connectivity index (χ3v) is 3.11. The predicted molar refractivity (Wildman–Crippen MR) is 54.2 cm³/mol. The molecule has 0 aromatic rings. The summed E-state index contributed by atoms with van der Waals surface area (Å²) in [7, 11) is 2.08. The Hall–Kier alpha value is -0.300. The number of hydrogen-bond donors (Lipinski definition) is 1. The van der Waals surface area contributed by atoms with Crippen LogP contribution in [0.4, 0.5) is 0 Å².